The SMILES string of the molecule is C[C@@H](NC(=O)c1ccc([N+](=O)[O-])o1)[C@@H](c1cccs1)N1CCCC1. The Labute approximate surface area is 143 Å². The molecule has 0 radical (unpaired) electrons. The van der Waals surface area contributed by atoms with Gasteiger partial charge in [0.1, 0.15) is 4.92 Å². The van der Waals surface area contributed by atoms with Crippen molar-refractivity contribution < 1.29 is 14.1 Å². The van der Waals surface area contributed by atoms with Crippen LogP contribution in [0.4, 0.5) is 5.88 Å². The maximum absolute atomic E-state index is 12.3. The summed E-state index contributed by atoms with van der Waals surface area (Å²) in [4.78, 5) is 25.9. The molecule has 1 saturated heterocycles. The van der Waals surface area contributed by atoms with Gasteiger partial charge in [0.05, 0.1) is 12.1 Å². The van der Waals surface area contributed by atoms with Gasteiger partial charge in [-0.3, -0.25) is 19.8 Å². The number of nitrogens with one attached hydrogen (secondary N) is 1. The molecule has 0 unspecified atom stereocenters. The Bertz CT molecular complexity index is 707. The number of nitrogens with zero attached hydrogens (tertiary/aromatic N) is 2. The Morgan fingerprint density at radius 1 is 1.38 bits per heavy atom. The molecule has 8 heteroatoms. The first-order valence-electron chi connectivity index (χ1n) is 7.89. The third-order valence-corrected chi connectivity index (χ3v) is 5.14. The van der Waals surface area contributed by atoms with Crippen molar-refractivity contribution in [3.8, 4) is 0 Å². The molecule has 1 aliphatic rings. The van der Waals surface area contributed by atoms with Crippen molar-refractivity contribution in [3.63, 3.8) is 0 Å². The minimum absolute atomic E-state index is 0.0418. The number of likely N-dealkylation sites (tertiary alicyclic amines) is 1. The molecule has 2 aromatic heterocycles. The monoisotopic (exact) mass is 349 g/mol. The van der Waals surface area contributed by atoms with E-state index in [4.69, 9.17) is 4.42 Å². The fraction of sp³-hybridized carbons (Fsp3) is 0.438. The highest BCUT2D eigenvalue weighted by Gasteiger charge is 2.31. The second kappa shape index (κ2) is 7.14. The van der Waals surface area contributed by atoms with Crippen molar-refractivity contribution >= 4 is 23.1 Å². The molecule has 0 aliphatic carbocycles. The van der Waals surface area contributed by atoms with Gasteiger partial charge in [-0.15, -0.1) is 11.3 Å². The molecule has 1 fully saturated rings. The summed E-state index contributed by atoms with van der Waals surface area (Å²) in [5, 5.41) is 15.6. The molecule has 2 atom stereocenters. The maximum atomic E-state index is 12.3. The predicted molar refractivity (Wildman–Crippen MR) is 90.2 cm³/mol. The summed E-state index contributed by atoms with van der Waals surface area (Å²) >= 11 is 1.67. The van der Waals surface area contributed by atoms with E-state index >= 15 is 0 Å². The molecule has 0 bridgehead atoms. The summed E-state index contributed by atoms with van der Waals surface area (Å²) in [5.74, 6) is -0.904. The van der Waals surface area contributed by atoms with Gasteiger partial charge in [0.15, 0.2) is 5.76 Å². The van der Waals surface area contributed by atoms with Gasteiger partial charge in [0.2, 0.25) is 0 Å². The third kappa shape index (κ3) is 3.49. The van der Waals surface area contributed by atoms with Crippen LogP contribution in [0.25, 0.3) is 0 Å². The molecular weight excluding hydrogens is 330 g/mol. The number of carbonyl (C=O) groups is 1. The Morgan fingerprint density at radius 3 is 2.71 bits per heavy atom. The number of thiophene rings is 1. The molecule has 3 heterocycles. The van der Waals surface area contributed by atoms with E-state index in [2.05, 4.69) is 16.3 Å². The fourth-order valence-electron chi connectivity index (χ4n) is 3.13. The van der Waals surface area contributed by atoms with Gasteiger partial charge in [0.25, 0.3) is 5.91 Å². The van der Waals surface area contributed by atoms with Crippen LogP contribution < -0.4 is 5.32 Å². The van der Waals surface area contributed by atoms with Crippen molar-refractivity contribution in [2.45, 2.75) is 31.8 Å². The second-order valence-corrected chi connectivity index (χ2v) is 6.84. The standard InChI is InChI=1S/C16H19N3O4S/c1-11(17-16(20)12-6-7-14(23-12)19(21)22)15(13-5-4-10-24-13)18-8-2-3-9-18/h4-7,10-11,15H,2-3,8-9H2,1H3,(H,17,20)/t11-,15+/m1/s1. The molecule has 1 amide bonds. The van der Waals surface area contributed by atoms with Crippen molar-refractivity contribution in [2.75, 3.05) is 13.1 Å². The van der Waals surface area contributed by atoms with Gasteiger partial charge < -0.3 is 9.73 Å². The minimum atomic E-state index is -0.654. The zero-order chi connectivity index (χ0) is 17.1. The Kier molecular flexibility index (Phi) is 4.96. The van der Waals surface area contributed by atoms with Crippen LogP contribution in [0.2, 0.25) is 0 Å². The van der Waals surface area contributed by atoms with E-state index in [9.17, 15) is 14.9 Å². The van der Waals surface area contributed by atoms with Gasteiger partial charge in [-0.2, -0.15) is 0 Å². The van der Waals surface area contributed by atoms with Gasteiger partial charge in [-0.25, -0.2) is 0 Å². The van der Waals surface area contributed by atoms with Crippen LogP contribution in [0.15, 0.2) is 34.1 Å². The Balaban J connectivity index is 1.73. The summed E-state index contributed by atoms with van der Waals surface area (Å²) in [5.41, 5.74) is 0. The molecule has 0 aromatic carbocycles. The molecule has 7 nitrogen and oxygen atoms in total. The molecule has 24 heavy (non-hydrogen) atoms. The predicted octanol–water partition coefficient (Wildman–Crippen LogP) is 3.20. The largest absolute Gasteiger partial charge is 0.433 e. The van der Waals surface area contributed by atoms with Gasteiger partial charge in [-0.05, 0) is 50.4 Å². The van der Waals surface area contributed by atoms with Crippen LogP contribution in [0.5, 0.6) is 0 Å². The zero-order valence-electron chi connectivity index (χ0n) is 13.3. The topological polar surface area (TPSA) is 88.6 Å². The number of furan rings is 1. The van der Waals surface area contributed by atoms with E-state index in [1.54, 1.807) is 11.3 Å². The molecule has 2 aromatic rings. The summed E-state index contributed by atoms with van der Waals surface area (Å²) in [6, 6.07) is 6.56. The highest BCUT2D eigenvalue weighted by Crippen LogP contribution is 2.31. The van der Waals surface area contributed by atoms with Crippen LogP contribution >= 0.6 is 11.3 Å². The first-order chi connectivity index (χ1) is 11.6. The summed E-state index contributed by atoms with van der Waals surface area (Å²) in [6.45, 7) is 3.97. The third-order valence-electron chi connectivity index (χ3n) is 4.20. The van der Waals surface area contributed by atoms with E-state index in [0.717, 1.165) is 25.9 Å². The van der Waals surface area contributed by atoms with Crippen molar-refractivity contribution in [1.82, 2.24) is 10.2 Å². The van der Waals surface area contributed by atoms with Crippen molar-refractivity contribution in [1.29, 1.82) is 0 Å². The Hall–Kier alpha value is -2.19. The molecule has 0 spiro atoms. The van der Waals surface area contributed by atoms with Crippen molar-refractivity contribution in [2.24, 2.45) is 0 Å². The smallest absolute Gasteiger partial charge is 0.395 e. The van der Waals surface area contributed by atoms with Crippen LogP contribution in [0.1, 0.15) is 41.2 Å². The van der Waals surface area contributed by atoms with Gasteiger partial charge >= 0.3 is 5.88 Å². The molecule has 128 valence electrons. The van der Waals surface area contributed by atoms with E-state index in [1.165, 1.54) is 17.0 Å². The fourth-order valence-corrected chi connectivity index (χ4v) is 4.09. The van der Waals surface area contributed by atoms with E-state index in [0.29, 0.717) is 0 Å². The van der Waals surface area contributed by atoms with E-state index in [1.807, 2.05) is 18.4 Å². The number of hydrogen-bond acceptors (Lipinski definition) is 6. The minimum Gasteiger partial charge on any atom is -0.395 e. The van der Waals surface area contributed by atoms with Crippen molar-refractivity contribution in [3.05, 3.63) is 50.4 Å². The molecule has 1 aliphatic heterocycles. The highest BCUT2D eigenvalue weighted by molar-refractivity contribution is 7.10. The lowest BCUT2D eigenvalue weighted by atomic mass is 10.1. The first-order valence-corrected chi connectivity index (χ1v) is 8.77. The molecule has 3 rings (SSSR count). The lowest BCUT2D eigenvalue weighted by Gasteiger charge is -2.32. The van der Waals surface area contributed by atoms with Gasteiger partial charge in [0, 0.05) is 10.9 Å². The quantitative estimate of drug-likeness (QED) is 0.639. The van der Waals surface area contributed by atoms with E-state index in [-0.39, 0.29) is 17.8 Å². The summed E-state index contributed by atoms with van der Waals surface area (Å²) < 4.78 is 4.98. The zero-order valence-corrected chi connectivity index (χ0v) is 14.1. The van der Waals surface area contributed by atoms with E-state index < -0.39 is 16.7 Å². The molecule has 1 N–H and O–H groups in total. The lowest BCUT2D eigenvalue weighted by molar-refractivity contribution is -0.402. The number of nitro groups is 1. The number of rotatable bonds is 6. The summed E-state index contributed by atoms with van der Waals surface area (Å²) in [7, 11) is 0. The summed E-state index contributed by atoms with van der Waals surface area (Å²) in [6.07, 6.45) is 2.32. The van der Waals surface area contributed by atoms with Crippen LogP contribution in [-0.4, -0.2) is 34.9 Å². The number of carbonyl (C=O) groups excluding carboxylic acids is 1. The number of hydrogen-bond donors (Lipinski definition) is 1. The van der Waals surface area contributed by atoms with Crippen LogP contribution in [0.3, 0.4) is 0 Å². The average Bonchev–Trinajstić information content (AvgIpc) is 3.30. The highest BCUT2D eigenvalue weighted by atomic mass is 32.1. The van der Waals surface area contributed by atoms with Crippen LogP contribution in [-0.2, 0) is 0 Å². The molecular formula is C16H19N3O4S. The first kappa shape index (κ1) is 16.7. The lowest BCUT2D eigenvalue weighted by Crippen LogP contribution is -2.43. The average molecular weight is 349 g/mol. The normalized spacial score (nSPS) is 17.5. The second-order valence-electron chi connectivity index (χ2n) is 5.86. The molecule has 0 saturated carbocycles. The van der Waals surface area contributed by atoms with Crippen LogP contribution in [0, 0.1) is 10.1 Å². The maximum Gasteiger partial charge on any atom is 0.433 e. The van der Waals surface area contributed by atoms with Gasteiger partial charge in [-0.1, -0.05) is 6.07 Å². The number of amides is 1. The Morgan fingerprint density at radius 2 is 2.12 bits per heavy atom.